The van der Waals surface area contributed by atoms with E-state index in [0.717, 1.165) is 51.4 Å². The van der Waals surface area contributed by atoms with Crippen LogP contribution in [0.25, 0.3) is 0 Å². The minimum Gasteiger partial charge on any atom is -0.393 e. The van der Waals surface area contributed by atoms with Crippen molar-refractivity contribution in [1.82, 2.24) is 0 Å². The van der Waals surface area contributed by atoms with Crippen molar-refractivity contribution < 1.29 is 18.1 Å². The molecule has 0 aliphatic carbocycles. The van der Waals surface area contributed by atoms with Crippen LogP contribution >= 0.6 is 0 Å². The van der Waals surface area contributed by atoms with Crippen molar-refractivity contribution in [2.45, 2.75) is 89.4 Å². The van der Waals surface area contributed by atoms with E-state index in [9.17, 15) is 13.5 Å². The second-order valence-electron chi connectivity index (χ2n) is 5.36. The molecule has 2 N–H and O–H groups in total. The molecule has 0 aromatic carbocycles. The Morgan fingerprint density at radius 2 is 1.37 bits per heavy atom. The molecule has 0 radical (unpaired) electrons. The summed E-state index contributed by atoms with van der Waals surface area (Å²) in [6.07, 6.45) is 8.18. The first-order valence-electron chi connectivity index (χ1n) is 7.56. The van der Waals surface area contributed by atoms with E-state index in [-0.39, 0.29) is 6.10 Å². The molecule has 0 aliphatic rings. The lowest BCUT2D eigenvalue weighted by atomic mass is 10.0. The van der Waals surface area contributed by atoms with Crippen LogP contribution in [0.3, 0.4) is 0 Å². The van der Waals surface area contributed by atoms with Crippen molar-refractivity contribution in [2.24, 2.45) is 0 Å². The summed E-state index contributed by atoms with van der Waals surface area (Å²) in [7, 11) is -3.88. The first kappa shape index (κ1) is 18.9. The Balaban J connectivity index is 3.67. The maximum Gasteiger partial charge on any atom is 0.267 e. The highest BCUT2D eigenvalue weighted by Gasteiger charge is 2.21. The molecule has 0 spiro atoms. The van der Waals surface area contributed by atoms with Crippen molar-refractivity contribution in [2.75, 3.05) is 0 Å². The largest absolute Gasteiger partial charge is 0.393 e. The van der Waals surface area contributed by atoms with Gasteiger partial charge in [0, 0.05) is 0 Å². The maximum atomic E-state index is 11.1. The standard InChI is InChI=1S/C14H30O4S/c1-3-9-13(15)11-7-5-6-8-12-14(10-4-2)19(16,17)18/h13-15H,3-12H2,1-2H3,(H,16,17,18). The zero-order chi connectivity index (χ0) is 14.7. The van der Waals surface area contributed by atoms with Crippen molar-refractivity contribution in [1.29, 1.82) is 0 Å². The van der Waals surface area contributed by atoms with Crippen molar-refractivity contribution in [3.05, 3.63) is 0 Å². The van der Waals surface area contributed by atoms with Gasteiger partial charge in [-0.3, -0.25) is 4.55 Å². The zero-order valence-corrected chi connectivity index (χ0v) is 13.2. The molecular formula is C14H30O4S. The monoisotopic (exact) mass is 294 g/mol. The number of aliphatic hydroxyl groups excluding tert-OH is 1. The first-order valence-corrected chi connectivity index (χ1v) is 9.06. The van der Waals surface area contributed by atoms with E-state index in [0.29, 0.717) is 12.8 Å². The van der Waals surface area contributed by atoms with Crippen LogP contribution in [0.2, 0.25) is 0 Å². The van der Waals surface area contributed by atoms with Gasteiger partial charge in [0.05, 0.1) is 11.4 Å². The highest BCUT2D eigenvalue weighted by Crippen LogP contribution is 2.17. The number of unbranched alkanes of at least 4 members (excludes halogenated alkanes) is 3. The summed E-state index contributed by atoms with van der Waals surface area (Å²) in [5.41, 5.74) is 0. The highest BCUT2D eigenvalue weighted by molar-refractivity contribution is 7.86. The molecule has 2 atom stereocenters. The quantitative estimate of drug-likeness (QED) is 0.426. The third-order valence-corrected chi connectivity index (χ3v) is 4.78. The van der Waals surface area contributed by atoms with Crippen LogP contribution in [0.5, 0.6) is 0 Å². The number of hydrogen-bond acceptors (Lipinski definition) is 3. The Hall–Kier alpha value is -0.130. The van der Waals surface area contributed by atoms with Gasteiger partial charge in [0.2, 0.25) is 0 Å². The van der Waals surface area contributed by atoms with E-state index in [1.54, 1.807) is 0 Å². The van der Waals surface area contributed by atoms with E-state index in [1.165, 1.54) is 0 Å². The van der Waals surface area contributed by atoms with E-state index >= 15 is 0 Å². The molecule has 0 rings (SSSR count). The number of hydrogen-bond donors (Lipinski definition) is 2. The van der Waals surface area contributed by atoms with Gasteiger partial charge in [-0.15, -0.1) is 0 Å². The highest BCUT2D eigenvalue weighted by atomic mass is 32.2. The predicted molar refractivity (Wildman–Crippen MR) is 78.9 cm³/mol. The lowest BCUT2D eigenvalue weighted by Gasteiger charge is -2.12. The number of aliphatic hydroxyl groups is 1. The zero-order valence-electron chi connectivity index (χ0n) is 12.3. The molecule has 0 aromatic heterocycles. The van der Waals surface area contributed by atoms with E-state index in [2.05, 4.69) is 6.92 Å². The normalized spacial score (nSPS) is 15.4. The Bertz CT molecular complexity index is 301. The number of rotatable bonds is 12. The van der Waals surface area contributed by atoms with Gasteiger partial charge in [0.15, 0.2) is 0 Å². The molecule has 0 saturated carbocycles. The van der Waals surface area contributed by atoms with Crippen LogP contribution in [-0.4, -0.2) is 29.4 Å². The molecule has 0 bridgehead atoms. The summed E-state index contributed by atoms with van der Waals surface area (Å²) in [5.74, 6) is 0. The van der Waals surface area contributed by atoms with Gasteiger partial charge in [-0.25, -0.2) is 0 Å². The molecule has 0 heterocycles. The summed E-state index contributed by atoms with van der Waals surface area (Å²) < 4.78 is 31.3. The van der Waals surface area contributed by atoms with Crippen LogP contribution in [-0.2, 0) is 10.1 Å². The van der Waals surface area contributed by atoms with Gasteiger partial charge >= 0.3 is 0 Å². The molecule has 2 unspecified atom stereocenters. The summed E-state index contributed by atoms with van der Waals surface area (Å²) >= 11 is 0. The van der Waals surface area contributed by atoms with Gasteiger partial charge in [-0.1, -0.05) is 52.4 Å². The lowest BCUT2D eigenvalue weighted by Crippen LogP contribution is -2.20. The van der Waals surface area contributed by atoms with Crippen molar-refractivity contribution >= 4 is 10.1 Å². The Morgan fingerprint density at radius 1 is 0.842 bits per heavy atom. The van der Waals surface area contributed by atoms with Gasteiger partial charge < -0.3 is 5.11 Å². The average molecular weight is 294 g/mol. The second kappa shape index (κ2) is 10.6. The third-order valence-electron chi connectivity index (χ3n) is 3.47. The molecule has 0 aliphatic heterocycles. The summed E-state index contributed by atoms with van der Waals surface area (Å²) in [6.45, 7) is 3.99. The van der Waals surface area contributed by atoms with Crippen LogP contribution in [0.15, 0.2) is 0 Å². The molecule has 0 amide bonds. The van der Waals surface area contributed by atoms with Gasteiger partial charge in [-0.05, 0) is 25.7 Å². The average Bonchev–Trinajstić information content (AvgIpc) is 2.31. The summed E-state index contributed by atoms with van der Waals surface area (Å²) in [5, 5.41) is 8.96. The minimum atomic E-state index is -3.88. The summed E-state index contributed by atoms with van der Waals surface area (Å²) in [6, 6.07) is 0. The molecular weight excluding hydrogens is 264 g/mol. The van der Waals surface area contributed by atoms with E-state index < -0.39 is 15.4 Å². The van der Waals surface area contributed by atoms with Gasteiger partial charge in [-0.2, -0.15) is 8.42 Å². The molecule has 0 aromatic rings. The maximum absolute atomic E-state index is 11.1. The fourth-order valence-corrected chi connectivity index (χ4v) is 3.35. The third kappa shape index (κ3) is 10.3. The molecule has 0 fully saturated rings. The minimum absolute atomic E-state index is 0.185. The molecule has 5 heteroatoms. The fraction of sp³-hybridized carbons (Fsp3) is 1.00. The lowest BCUT2D eigenvalue weighted by molar-refractivity contribution is 0.150. The second-order valence-corrected chi connectivity index (χ2v) is 7.06. The van der Waals surface area contributed by atoms with Gasteiger partial charge in [0.25, 0.3) is 10.1 Å². The topological polar surface area (TPSA) is 74.6 Å². The van der Waals surface area contributed by atoms with E-state index in [4.69, 9.17) is 4.55 Å². The van der Waals surface area contributed by atoms with Gasteiger partial charge in [0.1, 0.15) is 0 Å². The smallest absolute Gasteiger partial charge is 0.267 e. The first-order chi connectivity index (χ1) is 8.91. The van der Waals surface area contributed by atoms with Crippen LogP contribution < -0.4 is 0 Å². The van der Waals surface area contributed by atoms with Crippen molar-refractivity contribution in [3.63, 3.8) is 0 Å². The Labute approximate surface area is 118 Å². The van der Waals surface area contributed by atoms with Crippen LogP contribution in [0.4, 0.5) is 0 Å². The Kier molecular flexibility index (Phi) is 10.6. The summed E-state index contributed by atoms with van der Waals surface area (Å²) in [4.78, 5) is 0. The molecule has 19 heavy (non-hydrogen) atoms. The molecule has 0 saturated heterocycles. The molecule has 116 valence electrons. The Morgan fingerprint density at radius 3 is 1.84 bits per heavy atom. The van der Waals surface area contributed by atoms with Crippen LogP contribution in [0.1, 0.15) is 78.1 Å². The fourth-order valence-electron chi connectivity index (χ4n) is 2.35. The van der Waals surface area contributed by atoms with Crippen LogP contribution in [0, 0.1) is 0 Å². The van der Waals surface area contributed by atoms with E-state index in [1.807, 2.05) is 6.92 Å². The SMILES string of the molecule is CCCC(O)CCCCCCC(CCC)S(=O)(=O)O. The molecule has 4 nitrogen and oxygen atoms in total. The van der Waals surface area contributed by atoms with Crippen molar-refractivity contribution in [3.8, 4) is 0 Å². The predicted octanol–water partition coefficient (Wildman–Crippen LogP) is 3.54.